The minimum Gasteiger partial charge on any atom is -0.466 e. The van der Waals surface area contributed by atoms with Crippen LogP contribution in [0.15, 0.2) is 66.8 Å². The van der Waals surface area contributed by atoms with Gasteiger partial charge in [-0.15, -0.1) is 0 Å². The van der Waals surface area contributed by atoms with Gasteiger partial charge in [-0.25, -0.2) is 9.59 Å². The second kappa shape index (κ2) is 23.2. The van der Waals surface area contributed by atoms with Crippen LogP contribution in [0.25, 0.3) is 0 Å². The molecule has 1 atom stereocenters. The SMILES string of the molecule is CCCCCC=CCC=CCC=CCCCCC(=O)OCCCOC(=O)C(Cc1ccccc1)NC(=O)OC(C)(C)C. The zero-order chi connectivity index (χ0) is 30.9. The van der Waals surface area contributed by atoms with E-state index >= 15 is 0 Å². The minimum atomic E-state index is -0.892. The molecule has 1 rings (SSSR count). The Morgan fingerprint density at radius 1 is 0.786 bits per heavy atom. The molecular formula is C35H53NO6. The molecule has 0 heterocycles. The molecule has 0 aliphatic rings. The number of esters is 2. The van der Waals surface area contributed by atoms with Crippen molar-refractivity contribution >= 4 is 18.0 Å². The quantitative estimate of drug-likeness (QED) is 0.0679. The number of ether oxygens (including phenoxy) is 3. The van der Waals surface area contributed by atoms with E-state index in [0.717, 1.165) is 37.7 Å². The Bertz CT molecular complexity index is 961. The van der Waals surface area contributed by atoms with Crippen LogP contribution in [0, 0.1) is 0 Å². The molecule has 0 saturated heterocycles. The van der Waals surface area contributed by atoms with Crippen molar-refractivity contribution in [1.29, 1.82) is 0 Å². The third-order valence-electron chi connectivity index (χ3n) is 6.07. The van der Waals surface area contributed by atoms with Crippen LogP contribution in [-0.2, 0) is 30.2 Å². The Labute approximate surface area is 253 Å². The summed E-state index contributed by atoms with van der Waals surface area (Å²) in [5.74, 6) is -0.807. The van der Waals surface area contributed by atoms with Gasteiger partial charge in [0.1, 0.15) is 11.6 Å². The third-order valence-corrected chi connectivity index (χ3v) is 6.07. The zero-order valence-corrected chi connectivity index (χ0v) is 26.3. The number of unbranched alkanes of at least 4 members (excludes halogenated alkanes) is 5. The van der Waals surface area contributed by atoms with Gasteiger partial charge in [-0.2, -0.15) is 0 Å². The summed E-state index contributed by atoms with van der Waals surface area (Å²) in [6.45, 7) is 7.75. The molecule has 1 aromatic rings. The summed E-state index contributed by atoms with van der Waals surface area (Å²) < 4.78 is 15.9. The van der Waals surface area contributed by atoms with Crippen molar-refractivity contribution in [1.82, 2.24) is 5.32 Å². The molecule has 1 unspecified atom stereocenters. The molecule has 0 saturated carbocycles. The van der Waals surface area contributed by atoms with Gasteiger partial charge in [-0.05, 0) is 71.3 Å². The van der Waals surface area contributed by atoms with Gasteiger partial charge in [0.05, 0.1) is 13.2 Å². The Morgan fingerprint density at radius 2 is 1.38 bits per heavy atom. The minimum absolute atomic E-state index is 0.0852. The fourth-order valence-electron chi connectivity index (χ4n) is 3.90. The van der Waals surface area contributed by atoms with E-state index in [9.17, 15) is 14.4 Å². The summed E-state index contributed by atoms with van der Waals surface area (Å²) in [5.41, 5.74) is 0.196. The second-order valence-electron chi connectivity index (χ2n) is 11.3. The smallest absolute Gasteiger partial charge is 0.408 e. The molecule has 0 aliphatic heterocycles. The summed E-state index contributed by atoms with van der Waals surface area (Å²) in [6, 6.07) is 8.47. The molecule has 7 heteroatoms. The third kappa shape index (κ3) is 21.4. The van der Waals surface area contributed by atoms with Crippen molar-refractivity contribution in [2.75, 3.05) is 13.2 Å². The van der Waals surface area contributed by atoms with Gasteiger partial charge < -0.3 is 19.5 Å². The molecular weight excluding hydrogens is 530 g/mol. The lowest BCUT2D eigenvalue weighted by molar-refractivity contribution is -0.147. The van der Waals surface area contributed by atoms with Gasteiger partial charge in [0, 0.05) is 19.3 Å². The number of benzene rings is 1. The van der Waals surface area contributed by atoms with Crippen LogP contribution in [0.1, 0.15) is 104 Å². The largest absolute Gasteiger partial charge is 0.466 e. The molecule has 0 spiro atoms. The average molecular weight is 584 g/mol. The van der Waals surface area contributed by atoms with E-state index in [1.54, 1.807) is 20.8 Å². The van der Waals surface area contributed by atoms with Crippen molar-refractivity contribution in [2.45, 2.75) is 116 Å². The average Bonchev–Trinajstić information content (AvgIpc) is 2.94. The van der Waals surface area contributed by atoms with Crippen LogP contribution in [0.3, 0.4) is 0 Å². The highest BCUT2D eigenvalue weighted by molar-refractivity contribution is 5.81. The first-order chi connectivity index (χ1) is 20.2. The monoisotopic (exact) mass is 583 g/mol. The van der Waals surface area contributed by atoms with E-state index in [1.807, 2.05) is 30.3 Å². The van der Waals surface area contributed by atoms with Crippen molar-refractivity contribution in [3.05, 3.63) is 72.4 Å². The molecule has 7 nitrogen and oxygen atoms in total. The first-order valence-corrected chi connectivity index (χ1v) is 15.5. The molecule has 234 valence electrons. The molecule has 0 radical (unpaired) electrons. The van der Waals surface area contributed by atoms with Gasteiger partial charge in [-0.1, -0.05) is 86.6 Å². The maximum Gasteiger partial charge on any atom is 0.408 e. The number of hydrogen-bond donors (Lipinski definition) is 1. The normalized spacial score (nSPS) is 12.6. The first-order valence-electron chi connectivity index (χ1n) is 15.5. The zero-order valence-electron chi connectivity index (χ0n) is 26.3. The first kappa shape index (κ1) is 36.7. The Hall–Kier alpha value is -3.35. The number of alkyl carbamates (subject to hydrolysis) is 1. The van der Waals surface area contributed by atoms with Gasteiger partial charge in [-0.3, -0.25) is 4.79 Å². The number of rotatable bonds is 21. The van der Waals surface area contributed by atoms with Crippen LogP contribution >= 0.6 is 0 Å². The molecule has 1 aromatic carbocycles. The fraction of sp³-hybridized carbons (Fsp3) is 0.571. The molecule has 1 N–H and O–H groups in total. The lowest BCUT2D eigenvalue weighted by Crippen LogP contribution is -2.45. The van der Waals surface area contributed by atoms with E-state index in [4.69, 9.17) is 14.2 Å². The topological polar surface area (TPSA) is 90.9 Å². The maximum atomic E-state index is 12.7. The number of amides is 1. The summed E-state index contributed by atoms with van der Waals surface area (Å²) in [4.78, 5) is 37.0. The van der Waals surface area contributed by atoms with Gasteiger partial charge in [0.25, 0.3) is 0 Å². The Balaban J connectivity index is 2.18. The van der Waals surface area contributed by atoms with Gasteiger partial charge in [0.15, 0.2) is 0 Å². The summed E-state index contributed by atoms with van der Waals surface area (Å²) in [6.07, 6.45) is 23.1. The van der Waals surface area contributed by atoms with E-state index < -0.39 is 23.7 Å². The number of allylic oxidation sites excluding steroid dienone is 6. The number of nitrogens with one attached hydrogen (secondary N) is 1. The van der Waals surface area contributed by atoms with E-state index in [0.29, 0.717) is 12.8 Å². The highest BCUT2D eigenvalue weighted by Gasteiger charge is 2.26. The van der Waals surface area contributed by atoms with Crippen LogP contribution in [0.2, 0.25) is 0 Å². The number of hydrogen-bond acceptors (Lipinski definition) is 6. The highest BCUT2D eigenvalue weighted by atomic mass is 16.6. The highest BCUT2D eigenvalue weighted by Crippen LogP contribution is 2.10. The molecule has 1 amide bonds. The van der Waals surface area contributed by atoms with Crippen molar-refractivity contribution < 1.29 is 28.6 Å². The predicted molar refractivity (Wildman–Crippen MR) is 169 cm³/mol. The second-order valence-corrected chi connectivity index (χ2v) is 11.3. The van der Waals surface area contributed by atoms with Gasteiger partial charge in [0.2, 0.25) is 0 Å². The molecule has 0 fully saturated rings. The Morgan fingerprint density at radius 3 is 2.00 bits per heavy atom. The van der Waals surface area contributed by atoms with E-state index in [1.165, 1.54) is 25.7 Å². The van der Waals surface area contributed by atoms with Crippen molar-refractivity contribution in [2.24, 2.45) is 0 Å². The van der Waals surface area contributed by atoms with E-state index in [2.05, 4.69) is 48.7 Å². The molecule has 42 heavy (non-hydrogen) atoms. The summed E-state index contributed by atoms with van der Waals surface area (Å²) in [5, 5.41) is 2.61. The standard InChI is InChI=1S/C35H53NO6/c1-5-6-7-8-9-10-11-12-13-14-15-16-17-18-22-26-32(37)40-27-23-28-41-33(38)31(29-30-24-20-19-21-25-30)36-34(39)42-35(2,3)4/h9-10,12-13,15-16,19-21,24-25,31H,5-8,11,14,17-18,22-23,26-29H2,1-4H3,(H,36,39). The molecule has 0 aliphatic carbocycles. The van der Waals surface area contributed by atoms with Crippen LogP contribution < -0.4 is 5.32 Å². The van der Waals surface area contributed by atoms with Crippen molar-refractivity contribution in [3.63, 3.8) is 0 Å². The van der Waals surface area contributed by atoms with Gasteiger partial charge >= 0.3 is 18.0 Å². The van der Waals surface area contributed by atoms with Crippen LogP contribution in [0.4, 0.5) is 4.79 Å². The number of carbonyl (C=O) groups is 3. The van der Waals surface area contributed by atoms with E-state index in [-0.39, 0.29) is 25.6 Å². The summed E-state index contributed by atoms with van der Waals surface area (Å²) >= 11 is 0. The summed E-state index contributed by atoms with van der Waals surface area (Å²) in [7, 11) is 0. The van der Waals surface area contributed by atoms with Crippen LogP contribution in [0.5, 0.6) is 0 Å². The predicted octanol–water partition coefficient (Wildman–Crippen LogP) is 8.19. The lowest BCUT2D eigenvalue weighted by atomic mass is 10.1. The van der Waals surface area contributed by atoms with Crippen molar-refractivity contribution in [3.8, 4) is 0 Å². The van der Waals surface area contributed by atoms with Crippen LogP contribution in [-0.4, -0.2) is 42.9 Å². The molecule has 0 bridgehead atoms. The molecule has 0 aromatic heterocycles. The maximum absolute atomic E-state index is 12.7. The lowest BCUT2D eigenvalue weighted by Gasteiger charge is -2.23. The Kier molecular flexibility index (Phi) is 20.3. The fourth-order valence-corrected chi connectivity index (χ4v) is 3.90. The number of carbonyl (C=O) groups excluding carboxylic acids is 3.